The molecular weight excluding hydrogens is 260 g/mol. The Morgan fingerprint density at radius 1 is 1.26 bits per heavy atom. The lowest BCUT2D eigenvalue weighted by Crippen LogP contribution is -1.93. The highest BCUT2D eigenvalue weighted by Crippen LogP contribution is 2.33. The SMILES string of the molecule is COc1ccc(-c2nn3cc(N)nc3s2)c(C)c1C. The van der Waals surface area contributed by atoms with Crippen LogP contribution in [0.4, 0.5) is 5.82 Å². The van der Waals surface area contributed by atoms with E-state index in [1.54, 1.807) is 17.8 Å². The van der Waals surface area contributed by atoms with Gasteiger partial charge in [0.2, 0.25) is 4.96 Å². The molecule has 3 aromatic rings. The molecule has 2 aromatic heterocycles. The highest BCUT2D eigenvalue weighted by atomic mass is 32.1. The number of nitrogens with zero attached hydrogens (tertiary/aromatic N) is 3. The Kier molecular flexibility index (Phi) is 2.67. The number of rotatable bonds is 2. The zero-order chi connectivity index (χ0) is 13.6. The summed E-state index contributed by atoms with van der Waals surface area (Å²) in [4.78, 5) is 5.02. The molecule has 0 unspecified atom stereocenters. The number of methoxy groups -OCH3 is 1. The first-order valence-corrected chi connectivity index (χ1v) is 6.68. The number of ether oxygens (including phenoxy) is 1. The van der Waals surface area contributed by atoms with E-state index >= 15 is 0 Å². The number of benzene rings is 1. The van der Waals surface area contributed by atoms with Crippen molar-refractivity contribution in [1.29, 1.82) is 0 Å². The molecule has 0 fully saturated rings. The predicted octanol–water partition coefficient (Wildman–Crippen LogP) is 2.67. The summed E-state index contributed by atoms with van der Waals surface area (Å²) >= 11 is 1.53. The fourth-order valence-electron chi connectivity index (χ4n) is 2.07. The molecule has 2 N–H and O–H groups in total. The van der Waals surface area contributed by atoms with Crippen LogP contribution >= 0.6 is 11.3 Å². The van der Waals surface area contributed by atoms with Crippen molar-refractivity contribution in [2.45, 2.75) is 13.8 Å². The molecule has 0 saturated heterocycles. The first-order chi connectivity index (χ1) is 9.10. The highest BCUT2D eigenvalue weighted by molar-refractivity contribution is 7.19. The number of hydrogen-bond acceptors (Lipinski definition) is 5. The van der Waals surface area contributed by atoms with E-state index in [0.717, 1.165) is 26.8 Å². The Bertz CT molecular complexity index is 728. The van der Waals surface area contributed by atoms with Crippen molar-refractivity contribution in [2.24, 2.45) is 0 Å². The van der Waals surface area contributed by atoms with Gasteiger partial charge in [-0.3, -0.25) is 0 Å². The maximum absolute atomic E-state index is 5.63. The van der Waals surface area contributed by atoms with Crippen LogP contribution < -0.4 is 10.5 Å². The van der Waals surface area contributed by atoms with E-state index in [4.69, 9.17) is 10.5 Å². The average molecular weight is 274 g/mol. The highest BCUT2D eigenvalue weighted by Gasteiger charge is 2.13. The fraction of sp³-hybridized carbons (Fsp3) is 0.231. The van der Waals surface area contributed by atoms with Gasteiger partial charge in [0.25, 0.3) is 0 Å². The third-order valence-electron chi connectivity index (χ3n) is 3.25. The minimum Gasteiger partial charge on any atom is -0.496 e. The number of anilines is 1. The average Bonchev–Trinajstić information content (AvgIpc) is 2.89. The van der Waals surface area contributed by atoms with Gasteiger partial charge >= 0.3 is 0 Å². The molecule has 0 atom stereocenters. The number of hydrogen-bond donors (Lipinski definition) is 1. The molecule has 0 aliphatic rings. The normalized spacial score (nSPS) is 11.1. The number of fused-ring (bicyclic) bond motifs is 1. The van der Waals surface area contributed by atoms with Crippen LogP contribution in [0.15, 0.2) is 18.3 Å². The third kappa shape index (κ3) is 1.84. The molecule has 6 heteroatoms. The molecule has 0 radical (unpaired) electrons. The van der Waals surface area contributed by atoms with Gasteiger partial charge in [-0.15, -0.1) is 0 Å². The molecule has 5 nitrogen and oxygen atoms in total. The van der Waals surface area contributed by atoms with Crippen LogP contribution in [0.5, 0.6) is 5.75 Å². The number of aromatic nitrogens is 3. The van der Waals surface area contributed by atoms with E-state index in [0.29, 0.717) is 5.82 Å². The van der Waals surface area contributed by atoms with Crippen LogP contribution in [0.25, 0.3) is 15.5 Å². The van der Waals surface area contributed by atoms with Crippen molar-refractivity contribution in [2.75, 3.05) is 12.8 Å². The van der Waals surface area contributed by atoms with Gasteiger partial charge < -0.3 is 10.5 Å². The maximum Gasteiger partial charge on any atom is 0.214 e. The number of imidazole rings is 1. The summed E-state index contributed by atoms with van der Waals surface area (Å²) in [5.41, 5.74) is 9.04. The second kappa shape index (κ2) is 4.24. The van der Waals surface area contributed by atoms with Gasteiger partial charge in [-0.1, -0.05) is 11.3 Å². The fourth-order valence-corrected chi connectivity index (χ4v) is 3.05. The van der Waals surface area contributed by atoms with E-state index < -0.39 is 0 Å². The van der Waals surface area contributed by atoms with Gasteiger partial charge in [0.05, 0.1) is 13.3 Å². The molecule has 3 rings (SSSR count). The molecule has 19 heavy (non-hydrogen) atoms. The lowest BCUT2D eigenvalue weighted by atomic mass is 10.0. The summed E-state index contributed by atoms with van der Waals surface area (Å²) in [7, 11) is 1.68. The molecule has 1 aromatic carbocycles. The summed E-state index contributed by atoms with van der Waals surface area (Å²) in [6.07, 6.45) is 1.72. The zero-order valence-corrected chi connectivity index (χ0v) is 11.8. The van der Waals surface area contributed by atoms with Crippen LogP contribution in [0.2, 0.25) is 0 Å². The van der Waals surface area contributed by atoms with Crippen molar-refractivity contribution in [3.63, 3.8) is 0 Å². The van der Waals surface area contributed by atoms with Gasteiger partial charge in [0.15, 0.2) is 0 Å². The van der Waals surface area contributed by atoms with Crippen molar-refractivity contribution in [3.8, 4) is 16.3 Å². The van der Waals surface area contributed by atoms with Crippen LogP contribution in [0.1, 0.15) is 11.1 Å². The summed E-state index contributed by atoms with van der Waals surface area (Å²) < 4.78 is 7.04. The molecule has 0 spiro atoms. The molecule has 0 aliphatic carbocycles. The summed E-state index contributed by atoms with van der Waals surface area (Å²) in [6.45, 7) is 4.13. The van der Waals surface area contributed by atoms with E-state index in [-0.39, 0.29) is 0 Å². The first kappa shape index (κ1) is 12.0. The number of nitrogen functional groups attached to an aromatic ring is 1. The van der Waals surface area contributed by atoms with Crippen molar-refractivity contribution >= 4 is 22.1 Å². The van der Waals surface area contributed by atoms with E-state index in [1.807, 2.05) is 19.1 Å². The van der Waals surface area contributed by atoms with E-state index in [2.05, 4.69) is 17.0 Å². The minimum atomic E-state index is 0.493. The largest absolute Gasteiger partial charge is 0.496 e. The first-order valence-electron chi connectivity index (χ1n) is 5.86. The third-order valence-corrected chi connectivity index (χ3v) is 4.21. The van der Waals surface area contributed by atoms with Crippen LogP contribution in [0, 0.1) is 13.8 Å². The van der Waals surface area contributed by atoms with Crippen LogP contribution in [0.3, 0.4) is 0 Å². The quantitative estimate of drug-likeness (QED) is 0.780. The standard InChI is InChI=1S/C13H14N4OS/c1-7-8(2)10(18-3)5-4-9(7)12-16-17-6-11(14)15-13(17)19-12/h4-6H,14H2,1-3H3. The van der Waals surface area contributed by atoms with Crippen LogP contribution in [-0.4, -0.2) is 21.7 Å². The van der Waals surface area contributed by atoms with Gasteiger partial charge in [0, 0.05) is 5.56 Å². The Morgan fingerprint density at radius 2 is 2.05 bits per heavy atom. The molecule has 98 valence electrons. The van der Waals surface area contributed by atoms with Gasteiger partial charge in [-0.2, -0.15) is 5.10 Å². The molecule has 0 bridgehead atoms. The molecular formula is C13H14N4OS. The maximum atomic E-state index is 5.63. The Morgan fingerprint density at radius 3 is 2.74 bits per heavy atom. The summed E-state index contributed by atoms with van der Waals surface area (Å²) in [6, 6.07) is 4.00. The van der Waals surface area contributed by atoms with Crippen molar-refractivity contribution in [1.82, 2.24) is 14.6 Å². The summed E-state index contributed by atoms with van der Waals surface area (Å²) in [5.74, 6) is 1.39. The molecule has 0 amide bonds. The van der Waals surface area contributed by atoms with E-state index in [9.17, 15) is 0 Å². The van der Waals surface area contributed by atoms with Gasteiger partial charge in [-0.05, 0) is 37.1 Å². The molecule has 0 saturated carbocycles. The predicted molar refractivity (Wildman–Crippen MR) is 76.7 cm³/mol. The van der Waals surface area contributed by atoms with Crippen molar-refractivity contribution in [3.05, 3.63) is 29.5 Å². The summed E-state index contributed by atoms with van der Waals surface area (Å²) in [5, 5.41) is 5.45. The Hall–Kier alpha value is -2.08. The molecule has 0 aliphatic heterocycles. The second-order valence-corrected chi connectivity index (χ2v) is 5.32. The zero-order valence-electron chi connectivity index (χ0n) is 11.0. The van der Waals surface area contributed by atoms with Crippen molar-refractivity contribution < 1.29 is 4.74 Å². The lowest BCUT2D eigenvalue weighted by Gasteiger charge is -2.10. The van der Waals surface area contributed by atoms with E-state index in [1.165, 1.54) is 16.9 Å². The van der Waals surface area contributed by atoms with Gasteiger partial charge in [0.1, 0.15) is 16.6 Å². The van der Waals surface area contributed by atoms with Gasteiger partial charge in [-0.25, -0.2) is 9.50 Å². The topological polar surface area (TPSA) is 65.4 Å². The Labute approximate surface area is 114 Å². The monoisotopic (exact) mass is 274 g/mol. The minimum absolute atomic E-state index is 0.493. The number of nitrogens with two attached hydrogens (primary N) is 1. The second-order valence-electron chi connectivity index (χ2n) is 4.37. The lowest BCUT2D eigenvalue weighted by molar-refractivity contribution is 0.411. The molecule has 2 heterocycles. The Balaban J connectivity index is 2.15. The van der Waals surface area contributed by atoms with Crippen LogP contribution in [-0.2, 0) is 0 Å². The smallest absolute Gasteiger partial charge is 0.214 e.